The number of benzene rings is 2. The Morgan fingerprint density at radius 1 is 0.933 bits per heavy atom. The summed E-state index contributed by atoms with van der Waals surface area (Å²) in [6.45, 7) is 4.09. The number of rotatable bonds is 3. The van der Waals surface area contributed by atoms with Crippen molar-refractivity contribution in [2.45, 2.75) is 30.9 Å². The molecule has 3 aliphatic rings. The molecule has 2 aliphatic heterocycles. The molecule has 0 aromatic heterocycles. The molecular formula is C25H30N2O3. The molecule has 2 aromatic rings. The van der Waals surface area contributed by atoms with Crippen molar-refractivity contribution in [3.63, 3.8) is 0 Å². The molecule has 2 heterocycles. The molecule has 2 saturated heterocycles. The Balaban J connectivity index is 1.37. The van der Waals surface area contributed by atoms with Crippen LogP contribution in [0.15, 0.2) is 54.6 Å². The second-order valence-electron chi connectivity index (χ2n) is 8.86. The SMILES string of the molecule is O=C(C1Cc2ccccc2C1)N1CC[C@](O)(c2ccccc2)[C@H](N2CCOCC2)C1. The second-order valence-corrected chi connectivity index (χ2v) is 8.86. The summed E-state index contributed by atoms with van der Waals surface area (Å²) in [4.78, 5) is 17.8. The maximum atomic E-state index is 13.4. The summed E-state index contributed by atoms with van der Waals surface area (Å²) in [6.07, 6.45) is 2.22. The van der Waals surface area contributed by atoms with E-state index < -0.39 is 5.60 Å². The summed E-state index contributed by atoms with van der Waals surface area (Å²) >= 11 is 0. The zero-order valence-corrected chi connectivity index (χ0v) is 17.4. The van der Waals surface area contributed by atoms with Gasteiger partial charge in [-0.25, -0.2) is 0 Å². The van der Waals surface area contributed by atoms with Crippen molar-refractivity contribution in [2.75, 3.05) is 39.4 Å². The number of carbonyl (C=O) groups excluding carboxylic acids is 1. The second kappa shape index (κ2) is 8.14. The minimum Gasteiger partial charge on any atom is -0.383 e. The third-order valence-electron chi connectivity index (χ3n) is 7.18. The lowest BCUT2D eigenvalue weighted by Gasteiger charge is -2.50. The van der Waals surface area contributed by atoms with Crippen LogP contribution in [-0.2, 0) is 28.0 Å². The lowest BCUT2D eigenvalue weighted by Crippen LogP contribution is -2.63. The van der Waals surface area contributed by atoms with Crippen molar-refractivity contribution in [2.24, 2.45) is 5.92 Å². The van der Waals surface area contributed by atoms with Gasteiger partial charge in [0.2, 0.25) is 5.91 Å². The molecule has 2 atom stereocenters. The third kappa shape index (κ3) is 3.55. The minimum atomic E-state index is -0.950. The minimum absolute atomic E-state index is 0.0238. The average molecular weight is 407 g/mol. The summed E-state index contributed by atoms with van der Waals surface area (Å²) in [5.74, 6) is 0.259. The molecule has 30 heavy (non-hydrogen) atoms. The summed E-state index contributed by atoms with van der Waals surface area (Å²) in [5.41, 5.74) is 2.60. The molecule has 0 saturated carbocycles. The van der Waals surface area contributed by atoms with E-state index in [1.165, 1.54) is 11.1 Å². The first-order valence-electron chi connectivity index (χ1n) is 11.1. The monoisotopic (exact) mass is 406 g/mol. The number of morpholine rings is 1. The highest BCUT2D eigenvalue weighted by atomic mass is 16.5. The van der Waals surface area contributed by atoms with Crippen molar-refractivity contribution in [3.05, 3.63) is 71.3 Å². The van der Waals surface area contributed by atoms with Crippen LogP contribution in [0.25, 0.3) is 0 Å². The largest absolute Gasteiger partial charge is 0.383 e. The molecule has 2 fully saturated rings. The van der Waals surface area contributed by atoms with Crippen LogP contribution in [0.5, 0.6) is 0 Å². The highest BCUT2D eigenvalue weighted by molar-refractivity contribution is 5.80. The molecule has 1 aliphatic carbocycles. The molecule has 0 spiro atoms. The van der Waals surface area contributed by atoms with E-state index in [4.69, 9.17) is 4.74 Å². The molecule has 1 amide bonds. The van der Waals surface area contributed by atoms with Crippen LogP contribution in [0.2, 0.25) is 0 Å². The van der Waals surface area contributed by atoms with Gasteiger partial charge in [-0.05, 0) is 36.0 Å². The van der Waals surface area contributed by atoms with E-state index >= 15 is 0 Å². The van der Waals surface area contributed by atoms with Gasteiger partial charge in [0.05, 0.1) is 19.3 Å². The van der Waals surface area contributed by atoms with Crippen LogP contribution in [0.3, 0.4) is 0 Å². The number of nitrogens with zero attached hydrogens (tertiary/aromatic N) is 2. The number of amides is 1. The van der Waals surface area contributed by atoms with Gasteiger partial charge in [-0.2, -0.15) is 0 Å². The highest BCUT2D eigenvalue weighted by Gasteiger charge is 2.47. The summed E-state index contributed by atoms with van der Waals surface area (Å²) in [6, 6.07) is 18.2. The van der Waals surface area contributed by atoms with Gasteiger partial charge in [0.25, 0.3) is 0 Å². The van der Waals surface area contributed by atoms with Crippen LogP contribution < -0.4 is 0 Å². The Kier molecular flexibility index (Phi) is 5.35. The number of ether oxygens (including phenoxy) is 1. The van der Waals surface area contributed by atoms with E-state index in [9.17, 15) is 9.90 Å². The van der Waals surface area contributed by atoms with Crippen LogP contribution in [0, 0.1) is 5.92 Å². The predicted octanol–water partition coefficient (Wildman–Crippen LogP) is 2.22. The highest BCUT2D eigenvalue weighted by Crippen LogP contribution is 2.37. The van der Waals surface area contributed by atoms with Crippen LogP contribution in [0.1, 0.15) is 23.1 Å². The Hall–Kier alpha value is -2.21. The number of hydrogen-bond donors (Lipinski definition) is 1. The molecule has 158 valence electrons. The van der Waals surface area contributed by atoms with Gasteiger partial charge in [-0.15, -0.1) is 0 Å². The van der Waals surface area contributed by atoms with Crippen LogP contribution >= 0.6 is 0 Å². The number of hydrogen-bond acceptors (Lipinski definition) is 4. The normalized spacial score (nSPS) is 27.8. The first kappa shape index (κ1) is 19.7. The molecule has 2 aromatic carbocycles. The van der Waals surface area contributed by atoms with E-state index in [1.54, 1.807) is 0 Å². The average Bonchev–Trinajstić information content (AvgIpc) is 3.24. The summed E-state index contributed by atoms with van der Waals surface area (Å²) < 4.78 is 5.55. The smallest absolute Gasteiger partial charge is 0.226 e. The Bertz CT molecular complexity index is 871. The predicted molar refractivity (Wildman–Crippen MR) is 115 cm³/mol. The fourth-order valence-corrected chi connectivity index (χ4v) is 5.49. The van der Waals surface area contributed by atoms with Gasteiger partial charge in [-0.1, -0.05) is 54.6 Å². The quantitative estimate of drug-likeness (QED) is 0.849. The molecule has 1 N–H and O–H groups in total. The van der Waals surface area contributed by atoms with Crippen molar-refractivity contribution in [3.8, 4) is 0 Å². The van der Waals surface area contributed by atoms with Gasteiger partial charge in [0, 0.05) is 32.1 Å². The first-order chi connectivity index (χ1) is 14.6. The zero-order valence-electron chi connectivity index (χ0n) is 17.4. The maximum absolute atomic E-state index is 13.4. The molecule has 5 heteroatoms. The number of fused-ring (bicyclic) bond motifs is 1. The van der Waals surface area contributed by atoms with E-state index in [2.05, 4.69) is 29.2 Å². The van der Waals surface area contributed by atoms with E-state index in [0.29, 0.717) is 32.7 Å². The van der Waals surface area contributed by atoms with E-state index in [0.717, 1.165) is 31.5 Å². The topological polar surface area (TPSA) is 53.0 Å². The maximum Gasteiger partial charge on any atom is 0.226 e. The molecule has 0 bridgehead atoms. The number of likely N-dealkylation sites (tertiary alicyclic amines) is 1. The van der Waals surface area contributed by atoms with Crippen molar-refractivity contribution >= 4 is 5.91 Å². The van der Waals surface area contributed by atoms with Gasteiger partial charge < -0.3 is 14.7 Å². The Labute approximate surface area is 178 Å². The van der Waals surface area contributed by atoms with Gasteiger partial charge in [0.15, 0.2) is 0 Å². The van der Waals surface area contributed by atoms with E-state index in [-0.39, 0.29) is 17.9 Å². The first-order valence-corrected chi connectivity index (χ1v) is 11.1. The van der Waals surface area contributed by atoms with Gasteiger partial charge in [0.1, 0.15) is 5.60 Å². The van der Waals surface area contributed by atoms with Crippen molar-refractivity contribution in [1.82, 2.24) is 9.80 Å². The van der Waals surface area contributed by atoms with E-state index in [1.807, 2.05) is 35.2 Å². The molecule has 5 rings (SSSR count). The lowest BCUT2D eigenvalue weighted by molar-refractivity contribution is -0.151. The number of piperidine rings is 1. The summed E-state index contributed by atoms with van der Waals surface area (Å²) in [7, 11) is 0. The number of aliphatic hydroxyl groups is 1. The Morgan fingerprint density at radius 2 is 1.57 bits per heavy atom. The lowest BCUT2D eigenvalue weighted by atomic mass is 9.79. The molecule has 0 radical (unpaired) electrons. The fraction of sp³-hybridized carbons (Fsp3) is 0.480. The number of carbonyl (C=O) groups is 1. The fourth-order valence-electron chi connectivity index (χ4n) is 5.49. The van der Waals surface area contributed by atoms with Crippen molar-refractivity contribution in [1.29, 1.82) is 0 Å². The summed E-state index contributed by atoms with van der Waals surface area (Å²) in [5, 5.41) is 11.8. The standard InChI is InChI=1S/C25H30N2O3/c28-24(21-16-19-6-4-5-7-20(19)17-21)27-11-10-25(29,22-8-2-1-3-9-22)23(18-27)26-12-14-30-15-13-26/h1-9,21,23,29H,10-18H2/t23-,25+/m1/s1. The van der Waals surface area contributed by atoms with Crippen LogP contribution in [0.4, 0.5) is 0 Å². The molecule has 5 nitrogen and oxygen atoms in total. The van der Waals surface area contributed by atoms with Gasteiger partial charge >= 0.3 is 0 Å². The Morgan fingerprint density at radius 3 is 2.23 bits per heavy atom. The van der Waals surface area contributed by atoms with Gasteiger partial charge in [-0.3, -0.25) is 9.69 Å². The third-order valence-corrected chi connectivity index (χ3v) is 7.18. The van der Waals surface area contributed by atoms with Crippen LogP contribution in [-0.4, -0.2) is 66.2 Å². The van der Waals surface area contributed by atoms with Crippen molar-refractivity contribution < 1.29 is 14.6 Å². The zero-order chi connectivity index (χ0) is 20.6. The molecular weight excluding hydrogens is 376 g/mol. The molecule has 0 unspecified atom stereocenters.